The molecule has 0 unspecified atom stereocenters. The van der Waals surface area contributed by atoms with Crippen molar-refractivity contribution in [2.75, 3.05) is 0 Å². The average Bonchev–Trinajstić information content (AvgIpc) is 2.54. The summed E-state index contributed by atoms with van der Waals surface area (Å²) in [5.41, 5.74) is 1.54. The van der Waals surface area contributed by atoms with Gasteiger partial charge < -0.3 is 10.1 Å². The maximum absolute atomic E-state index is 12.2. The van der Waals surface area contributed by atoms with Crippen LogP contribution in [0.3, 0.4) is 0 Å². The van der Waals surface area contributed by atoms with Gasteiger partial charge in [-0.25, -0.2) is 0 Å². The summed E-state index contributed by atoms with van der Waals surface area (Å²) in [5.74, 6) is 0.0462. The highest BCUT2D eigenvalue weighted by atomic mass is 35.5. The number of H-pyrrole nitrogens is 1. The molecule has 112 valence electrons. The lowest BCUT2D eigenvalue weighted by Crippen LogP contribution is -2.12. The Morgan fingerprint density at radius 2 is 1.83 bits per heavy atom. The largest absolute Gasteiger partial charge is 0.507 e. The van der Waals surface area contributed by atoms with E-state index in [1.807, 2.05) is 6.07 Å². The van der Waals surface area contributed by atoms with Crippen LogP contribution < -0.4 is 5.56 Å². The van der Waals surface area contributed by atoms with Gasteiger partial charge in [-0.15, -0.1) is 0 Å². The minimum atomic E-state index is -0.511. The van der Waals surface area contributed by atoms with Crippen molar-refractivity contribution < 1.29 is 5.11 Å². The van der Waals surface area contributed by atoms with Crippen LogP contribution >= 0.6 is 11.6 Å². The number of para-hydroxylation sites is 1. The predicted molar refractivity (Wildman–Crippen MR) is 89.3 cm³/mol. The highest BCUT2D eigenvalue weighted by Gasteiger charge is 2.14. The molecule has 0 aliphatic heterocycles. The number of aromatic hydroxyl groups is 1. The van der Waals surface area contributed by atoms with Crippen molar-refractivity contribution in [3.05, 3.63) is 75.5 Å². The van der Waals surface area contributed by atoms with Gasteiger partial charge in [0, 0.05) is 16.1 Å². The molecule has 2 N–H and O–H groups in total. The molecule has 3 aromatic rings. The molecule has 1 aromatic heterocycles. The molecule has 0 radical (unpaired) electrons. The Morgan fingerprint density at radius 3 is 2.52 bits per heavy atom. The van der Waals surface area contributed by atoms with Crippen molar-refractivity contribution in [3.63, 3.8) is 0 Å². The number of phenols is 1. The topological polar surface area (TPSA) is 76.9 Å². The summed E-state index contributed by atoms with van der Waals surface area (Å²) in [6.45, 7) is 0. The number of rotatable bonds is 2. The normalized spacial score (nSPS) is 10.3. The Hall–Kier alpha value is -3.03. The zero-order chi connectivity index (χ0) is 16.4. The first-order valence-electron chi connectivity index (χ1n) is 6.82. The standard InChI is InChI=1S/C18H11ClN2O2/c19-12-5-3-4-11(8-12)14-9-16(21-18(23)15(14)10-20)13-6-1-2-7-17(13)22/h1-9,22H,(H,21,23). The van der Waals surface area contributed by atoms with E-state index < -0.39 is 5.56 Å². The molecule has 0 amide bonds. The van der Waals surface area contributed by atoms with Gasteiger partial charge in [0.05, 0.1) is 5.69 Å². The summed E-state index contributed by atoms with van der Waals surface area (Å²) < 4.78 is 0. The van der Waals surface area contributed by atoms with Gasteiger partial charge in [0.25, 0.3) is 5.56 Å². The smallest absolute Gasteiger partial charge is 0.266 e. The maximum atomic E-state index is 12.2. The zero-order valence-corrected chi connectivity index (χ0v) is 12.6. The van der Waals surface area contributed by atoms with Crippen LogP contribution in [0.15, 0.2) is 59.4 Å². The molecule has 3 rings (SSSR count). The fourth-order valence-electron chi connectivity index (χ4n) is 2.40. The summed E-state index contributed by atoms with van der Waals surface area (Å²) in [6.07, 6.45) is 0. The average molecular weight is 323 g/mol. The van der Waals surface area contributed by atoms with Gasteiger partial charge in [-0.1, -0.05) is 35.9 Å². The summed E-state index contributed by atoms with van der Waals surface area (Å²) >= 11 is 6.00. The monoisotopic (exact) mass is 322 g/mol. The molecule has 0 aliphatic rings. The van der Waals surface area contributed by atoms with Crippen LogP contribution in [0.2, 0.25) is 5.02 Å². The Balaban J connectivity index is 2.30. The number of halogens is 1. The van der Waals surface area contributed by atoms with Gasteiger partial charge in [0.2, 0.25) is 0 Å². The Morgan fingerprint density at radius 1 is 1.04 bits per heavy atom. The first kappa shape index (κ1) is 14.9. The van der Waals surface area contributed by atoms with E-state index in [9.17, 15) is 15.2 Å². The van der Waals surface area contributed by atoms with Gasteiger partial charge in [-0.05, 0) is 35.9 Å². The number of pyridine rings is 1. The van der Waals surface area contributed by atoms with Crippen molar-refractivity contribution >= 4 is 11.6 Å². The molecular weight excluding hydrogens is 312 g/mol. The number of phenolic OH excluding ortho intramolecular Hbond substituents is 1. The number of nitrogens with one attached hydrogen (secondary N) is 1. The first-order valence-corrected chi connectivity index (χ1v) is 7.19. The van der Waals surface area contributed by atoms with E-state index in [4.69, 9.17) is 11.6 Å². The van der Waals surface area contributed by atoms with Crippen molar-refractivity contribution in [2.24, 2.45) is 0 Å². The summed E-state index contributed by atoms with van der Waals surface area (Å²) in [5, 5.41) is 19.8. The number of aromatic amines is 1. The molecule has 0 saturated heterocycles. The number of benzene rings is 2. The fourth-order valence-corrected chi connectivity index (χ4v) is 2.59. The quantitative estimate of drug-likeness (QED) is 0.750. The van der Waals surface area contributed by atoms with Gasteiger partial charge in [0.15, 0.2) is 0 Å². The third kappa shape index (κ3) is 2.83. The molecule has 1 heterocycles. The van der Waals surface area contributed by atoms with E-state index in [0.29, 0.717) is 27.4 Å². The highest BCUT2D eigenvalue weighted by Crippen LogP contribution is 2.31. The van der Waals surface area contributed by atoms with E-state index in [2.05, 4.69) is 4.98 Å². The summed E-state index contributed by atoms with van der Waals surface area (Å²) in [7, 11) is 0. The maximum Gasteiger partial charge on any atom is 0.266 e. The van der Waals surface area contributed by atoms with Crippen LogP contribution in [0, 0.1) is 11.3 Å². The molecule has 4 nitrogen and oxygen atoms in total. The molecule has 5 heteroatoms. The zero-order valence-electron chi connectivity index (χ0n) is 11.9. The van der Waals surface area contributed by atoms with E-state index in [0.717, 1.165) is 0 Å². The fraction of sp³-hybridized carbons (Fsp3) is 0. The van der Waals surface area contributed by atoms with Crippen LogP contribution in [-0.4, -0.2) is 10.1 Å². The lowest BCUT2D eigenvalue weighted by molar-refractivity contribution is 0.477. The second kappa shape index (κ2) is 5.99. The van der Waals surface area contributed by atoms with Crippen molar-refractivity contribution in [2.45, 2.75) is 0 Å². The van der Waals surface area contributed by atoms with E-state index in [1.165, 1.54) is 6.07 Å². The number of aromatic nitrogens is 1. The van der Waals surface area contributed by atoms with Crippen LogP contribution in [0.1, 0.15) is 5.56 Å². The first-order chi connectivity index (χ1) is 11.1. The molecule has 0 aliphatic carbocycles. The molecule has 0 atom stereocenters. The van der Waals surface area contributed by atoms with Crippen LogP contribution in [0.25, 0.3) is 22.4 Å². The molecular formula is C18H11ClN2O2. The van der Waals surface area contributed by atoms with Crippen LogP contribution in [0.4, 0.5) is 0 Å². The molecule has 0 spiro atoms. The van der Waals surface area contributed by atoms with Crippen LogP contribution in [-0.2, 0) is 0 Å². The predicted octanol–water partition coefficient (Wildman–Crippen LogP) is 3.94. The molecule has 23 heavy (non-hydrogen) atoms. The van der Waals surface area contributed by atoms with E-state index >= 15 is 0 Å². The summed E-state index contributed by atoms with van der Waals surface area (Å²) in [6, 6.07) is 17.2. The van der Waals surface area contributed by atoms with Crippen molar-refractivity contribution in [1.29, 1.82) is 5.26 Å². The van der Waals surface area contributed by atoms with Crippen molar-refractivity contribution in [1.82, 2.24) is 4.98 Å². The van der Waals surface area contributed by atoms with Crippen molar-refractivity contribution in [3.8, 4) is 34.2 Å². The summed E-state index contributed by atoms with van der Waals surface area (Å²) in [4.78, 5) is 14.9. The minimum absolute atomic E-state index is 0.00596. The Kier molecular flexibility index (Phi) is 3.88. The number of nitriles is 1. The second-order valence-corrected chi connectivity index (χ2v) is 5.38. The number of nitrogens with zero attached hydrogens (tertiary/aromatic N) is 1. The number of hydrogen-bond acceptors (Lipinski definition) is 3. The minimum Gasteiger partial charge on any atom is -0.507 e. The van der Waals surface area contributed by atoms with Gasteiger partial charge >= 0.3 is 0 Å². The highest BCUT2D eigenvalue weighted by molar-refractivity contribution is 6.30. The van der Waals surface area contributed by atoms with E-state index in [1.54, 1.807) is 48.5 Å². The van der Waals surface area contributed by atoms with Gasteiger partial charge in [-0.3, -0.25) is 4.79 Å². The van der Waals surface area contributed by atoms with Gasteiger partial charge in [0.1, 0.15) is 17.4 Å². The lowest BCUT2D eigenvalue weighted by atomic mass is 9.99. The second-order valence-electron chi connectivity index (χ2n) is 4.94. The van der Waals surface area contributed by atoms with E-state index in [-0.39, 0.29) is 11.3 Å². The lowest BCUT2D eigenvalue weighted by Gasteiger charge is -2.09. The van der Waals surface area contributed by atoms with Gasteiger partial charge in [-0.2, -0.15) is 5.26 Å². The molecule has 2 aromatic carbocycles. The van der Waals surface area contributed by atoms with Crippen LogP contribution in [0.5, 0.6) is 5.75 Å². The molecule has 0 fully saturated rings. The number of hydrogen-bond donors (Lipinski definition) is 2. The Bertz CT molecular complexity index is 987. The third-order valence-electron chi connectivity index (χ3n) is 3.47. The molecule has 0 saturated carbocycles. The Labute approximate surface area is 137 Å². The molecule has 0 bridgehead atoms. The SMILES string of the molecule is N#Cc1c(-c2cccc(Cl)c2)cc(-c2ccccc2O)[nH]c1=O. The third-order valence-corrected chi connectivity index (χ3v) is 3.71.